The molecule has 0 atom stereocenters. The zero-order valence-electron chi connectivity index (χ0n) is 14.5. The average Bonchev–Trinajstić information content (AvgIpc) is 2.56. The lowest BCUT2D eigenvalue weighted by atomic mass is 10.2. The van der Waals surface area contributed by atoms with Crippen LogP contribution in [-0.2, 0) is 21.2 Å². The summed E-state index contributed by atoms with van der Waals surface area (Å²) in [7, 11) is -3.78. The van der Waals surface area contributed by atoms with Gasteiger partial charge in [-0.3, -0.25) is 9.52 Å². The Morgan fingerprint density at radius 3 is 2.32 bits per heavy atom. The fourth-order valence-electron chi connectivity index (χ4n) is 2.27. The first kappa shape index (κ1) is 18.8. The van der Waals surface area contributed by atoms with E-state index in [1.807, 2.05) is 26.0 Å². The SMILES string of the molecule is CCOc1ccc(S(=O)(=O)Nc2ccc(CC)cc2)cc1NC(C)=O. The third-order valence-corrected chi connectivity index (χ3v) is 4.87. The summed E-state index contributed by atoms with van der Waals surface area (Å²) >= 11 is 0. The van der Waals surface area contributed by atoms with Gasteiger partial charge in [-0.15, -0.1) is 0 Å². The predicted octanol–water partition coefficient (Wildman–Crippen LogP) is 3.41. The average molecular weight is 362 g/mol. The van der Waals surface area contributed by atoms with Crippen LogP contribution in [0, 0.1) is 0 Å². The van der Waals surface area contributed by atoms with Gasteiger partial charge in [-0.05, 0) is 49.2 Å². The highest BCUT2D eigenvalue weighted by Gasteiger charge is 2.17. The van der Waals surface area contributed by atoms with Crippen molar-refractivity contribution in [1.29, 1.82) is 0 Å². The van der Waals surface area contributed by atoms with E-state index in [-0.39, 0.29) is 10.8 Å². The Bertz CT molecular complexity index is 846. The Balaban J connectivity index is 2.32. The summed E-state index contributed by atoms with van der Waals surface area (Å²) in [5, 5.41) is 2.59. The molecule has 2 aromatic rings. The maximum absolute atomic E-state index is 12.6. The van der Waals surface area contributed by atoms with Crippen molar-refractivity contribution < 1.29 is 17.9 Å². The summed E-state index contributed by atoms with van der Waals surface area (Å²) in [6, 6.07) is 11.6. The van der Waals surface area contributed by atoms with Gasteiger partial charge in [-0.2, -0.15) is 0 Å². The number of anilines is 2. The van der Waals surface area contributed by atoms with E-state index in [9.17, 15) is 13.2 Å². The number of aryl methyl sites for hydroxylation is 1. The maximum Gasteiger partial charge on any atom is 0.261 e. The molecule has 0 unspecified atom stereocenters. The fourth-order valence-corrected chi connectivity index (χ4v) is 3.35. The molecule has 0 aromatic heterocycles. The van der Waals surface area contributed by atoms with Gasteiger partial charge in [0.1, 0.15) is 5.75 Å². The molecule has 0 saturated carbocycles. The molecule has 6 nitrogen and oxygen atoms in total. The van der Waals surface area contributed by atoms with Crippen molar-refractivity contribution in [1.82, 2.24) is 0 Å². The molecule has 134 valence electrons. The lowest BCUT2D eigenvalue weighted by molar-refractivity contribution is -0.114. The minimum absolute atomic E-state index is 0.0410. The van der Waals surface area contributed by atoms with E-state index in [2.05, 4.69) is 10.0 Å². The third kappa shape index (κ3) is 4.96. The number of hydrogen-bond donors (Lipinski definition) is 2. The smallest absolute Gasteiger partial charge is 0.261 e. The van der Waals surface area contributed by atoms with Gasteiger partial charge in [0.15, 0.2) is 0 Å². The molecule has 25 heavy (non-hydrogen) atoms. The largest absolute Gasteiger partial charge is 0.492 e. The van der Waals surface area contributed by atoms with Crippen molar-refractivity contribution in [2.24, 2.45) is 0 Å². The van der Waals surface area contributed by atoms with Crippen LogP contribution in [0.4, 0.5) is 11.4 Å². The lowest BCUT2D eigenvalue weighted by Gasteiger charge is -2.14. The van der Waals surface area contributed by atoms with Gasteiger partial charge in [0.05, 0.1) is 17.2 Å². The molecule has 2 rings (SSSR count). The number of nitrogens with one attached hydrogen (secondary N) is 2. The normalized spacial score (nSPS) is 11.0. The molecule has 0 fully saturated rings. The van der Waals surface area contributed by atoms with Crippen LogP contribution in [-0.4, -0.2) is 20.9 Å². The molecule has 0 saturated heterocycles. The minimum Gasteiger partial charge on any atom is -0.492 e. The number of benzene rings is 2. The summed E-state index contributed by atoms with van der Waals surface area (Å²) in [5.74, 6) is 0.113. The minimum atomic E-state index is -3.78. The van der Waals surface area contributed by atoms with Crippen molar-refractivity contribution in [3.63, 3.8) is 0 Å². The molecule has 0 aliphatic heterocycles. The van der Waals surface area contributed by atoms with E-state index in [1.54, 1.807) is 12.1 Å². The second-order valence-corrected chi connectivity index (χ2v) is 7.11. The van der Waals surface area contributed by atoms with Crippen molar-refractivity contribution in [3.8, 4) is 5.75 Å². The van der Waals surface area contributed by atoms with Crippen molar-refractivity contribution in [3.05, 3.63) is 48.0 Å². The Morgan fingerprint density at radius 1 is 1.08 bits per heavy atom. The highest BCUT2D eigenvalue weighted by molar-refractivity contribution is 7.92. The van der Waals surface area contributed by atoms with E-state index in [0.29, 0.717) is 23.7 Å². The van der Waals surface area contributed by atoms with Crippen LogP contribution in [0.3, 0.4) is 0 Å². The quantitative estimate of drug-likeness (QED) is 0.790. The highest BCUT2D eigenvalue weighted by Crippen LogP contribution is 2.29. The van der Waals surface area contributed by atoms with Gasteiger partial charge in [-0.25, -0.2) is 8.42 Å². The molecule has 7 heteroatoms. The van der Waals surface area contributed by atoms with Gasteiger partial charge >= 0.3 is 0 Å². The van der Waals surface area contributed by atoms with E-state index >= 15 is 0 Å². The van der Waals surface area contributed by atoms with Gasteiger partial charge in [-0.1, -0.05) is 19.1 Å². The molecule has 0 bridgehead atoms. The zero-order valence-corrected chi connectivity index (χ0v) is 15.3. The summed E-state index contributed by atoms with van der Waals surface area (Å²) < 4.78 is 33.2. The van der Waals surface area contributed by atoms with E-state index < -0.39 is 10.0 Å². The molecule has 0 aliphatic carbocycles. The van der Waals surface area contributed by atoms with Crippen LogP contribution in [0.15, 0.2) is 47.4 Å². The number of amides is 1. The highest BCUT2D eigenvalue weighted by atomic mass is 32.2. The second-order valence-electron chi connectivity index (χ2n) is 5.43. The Kier molecular flexibility index (Phi) is 6.03. The molecular formula is C18H22N2O4S. The molecule has 0 spiro atoms. The molecule has 0 radical (unpaired) electrons. The number of ether oxygens (including phenoxy) is 1. The van der Waals surface area contributed by atoms with Crippen LogP contribution in [0.25, 0.3) is 0 Å². The summed E-state index contributed by atoms with van der Waals surface area (Å²) in [4.78, 5) is 11.4. The molecule has 0 heterocycles. The predicted molar refractivity (Wildman–Crippen MR) is 98.5 cm³/mol. The topological polar surface area (TPSA) is 84.5 Å². The van der Waals surface area contributed by atoms with E-state index in [4.69, 9.17) is 4.74 Å². The van der Waals surface area contributed by atoms with Gasteiger partial charge in [0.2, 0.25) is 5.91 Å². The standard InChI is InChI=1S/C18H22N2O4S/c1-4-14-6-8-15(9-7-14)20-25(22,23)16-10-11-18(24-5-2)17(12-16)19-13(3)21/h6-12,20H,4-5H2,1-3H3,(H,19,21). The number of hydrogen-bond acceptors (Lipinski definition) is 4. The molecule has 2 aromatic carbocycles. The number of carbonyl (C=O) groups excluding carboxylic acids is 1. The van der Waals surface area contributed by atoms with Crippen molar-refractivity contribution in [2.75, 3.05) is 16.6 Å². The van der Waals surface area contributed by atoms with Crippen LogP contribution in [0.1, 0.15) is 26.3 Å². The Hall–Kier alpha value is -2.54. The first-order chi connectivity index (χ1) is 11.9. The third-order valence-electron chi connectivity index (χ3n) is 3.49. The van der Waals surface area contributed by atoms with Gasteiger partial charge in [0.25, 0.3) is 10.0 Å². The maximum atomic E-state index is 12.6. The van der Waals surface area contributed by atoms with Crippen LogP contribution in [0.2, 0.25) is 0 Å². The first-order valence-corrected chi connectivity index (χ1v) is 9.50. The molecule has 1 amide bonds. The van der Waals surface area contributed by atoms with Crippen molar-refractivity contribution in [2.45, 2.75) is 32.1 Å². The zero-order chi connectivity index (χ0) is 18.4. The van der Waals surface area contributed by atoms with Crippen LogP contribution < -0.4 is 14.8 Å². The van der Waals surface area contributed by atoms with Crippen LogP contribution in [0.5, 0.6) is 5.75 Å². The van der Waals surface area contributed by atoms with E-state index in [0.717, 1.165) is 12.0 Å². The number of rotatable bonds is 7. The van der Waals surface area contributed by atoms with Gasteiger partial charge < -0.3 is 10.1 Å². The number of sulfonamides is 1. The Labute approximate surface area is 148 Å². The lowest BCUT2D eigenvalue weighted by Crippen LogP contribution is -2.14. The molecule has 2 N–H and O–H groups in total. The monoisotopic (exact) mass is 362 g/mol. The number of carbonyl (C=O) groups is 1. The first-order valence-electron chi connectivity index (χ1n) is 8.02. The summed E-state index contributed by atoms with van der Waals surface area (Å²) in [5.41, 5.74) is 1.92. The van der Waals surface area contributed by atoms with Crippen molar-refractivity contribution >= 4 is 27.3 Å². The summed E-state index contributed by atoms with van der Waals surface area (Å²) in [6.45, 7) is 5.59. The second kappa shape index (κ2) is 8.02. The molecular weight excluding hydrogens is 340 g/mol. The van der Waals surface area contributed by atoms with Crippen LogP contribution >= 0.6 is 0 Å². The Morgan fingerprint density at radius 2 is 1.76 bits per heavy atom. The molecule has 0 aliphatic rings. The summed E-state index contributed by atoms with van der Waals surface area (Å²) in [6.07, 6.45) is 0.881. The fraction of sp³-hybridized carbons (Fsp3) is 0.278. The van der Waals surface area contributed by atoms with Gasteiger partial charge in [0, 0.05) is 12.6 Å². The van der Waals surface area contributed by atoms with E-state index in [1.165, 1.54) is 25.1 Å².